The standard InChI is InChI=1S/C17H17BrN4O2/c1-23-15-8-13(9-19-17-20-11-21-22-17)7-14(18)16(15)24-10-12-5-3-2-4-6-12/h2-8,11H,9-10H2,1H3,(H2,19,20,21,22). The lowest BCUT2D eigenvalue weighted by Crippen LogP contribution is -2.03. The van der Waals surface area contributed by atoms with Crippen LogP contribution in [0.3, 0.4) is 0 Å². The van der Waals surface area contributed by atoms with E-state index < -0.39 is 0 Å². The Hall–Kier alpha value is -2.54. The number of H-pyrrole nitrogens is 1. The van der Waals surface area contributed by atoms with Crippen molar-refractivity contribution in [3.8, 4) is 11.5 Å². The first-order chi connectivity index (χ1) is 11.8. The van der Waals surface area contributed by atoms with E-state index in [0.717, 1.165) is 15.6 Å². The highest BCUT2D eigenvalue weighted by atomic mass is 79.9. The van der Waals surface area contributed by atoms with Crippen LogP contribution in [0.2, 0.25) is 0 Å². The molecule has 1 aromatic heterocycles. The lowest BCUT2D eigenvalue weighted by Gasteiger charge is -2.14. The molecule has 0 spiro atoms. The average Bonchev–Trinajstić information content (AvgIpc) is 3.13. The van der Waals surface area contributed by atoms with Gasteiger partial charge in [-0.2, -0.15) is 5.10 Å². The van der Waals surface area contributed by atoms with Gasteiger partial charge < -0.3 is 14.8 Å². The molecule has 0 aliphatic heterocycles. The van der Waals surface area contributed by atoms with Gasteiger partial charge in [0, 0.05) is 6.54 Å². The van der Waals surface area contributed by atoms with Crippen molar-refractivity contribution in [1.29, 1.82) is 0 Å². The van der Waals surface area contributed by atoms with Crippen molar-refractivity contribution in [3.63, 3.8) is 0 Å². The second-order valence-corrected chi connectivity index (χ2v) is 5.93. The van der Waals surface area contributed by atoms with Gasteiger partial charge in [-0.3, -0.25) is 0 Å². The topological polar surface area (TPSA) is 72.1 Å². The van der Waals surface area contributed by atoms with Gasteiger partial charge in [0.1, 0.15) is 12.9 Å². The number of methoxy groups -OCH3 is 1. The second-order valence-electron chi connectivity index (χ2n) is 5.07. The highest BCUT2D eigenvalue weighted by molar-refractivity contribution is 9.10. The van der Waals surface area contributed by atoms with Crippen molar-refractivity contribution in [1.82, 2.24) is 15.2 Å². The minimum Gasteiger partial charge on any atom is -0.493 e. The third kappa shape index (κ3) is 4.05. The molecule has 2 N–H and O–H groups in total. The first-order valence-electron chi connectivity index (χ1n) is 7.38. The summed E-state index contributed by atoms with van der Waals surface area (Å²) >= 11 is 3.56. The van der Waals surface area contributed by atoms with Gasteiger partial charge in [0.15, 0.2) is 11.5 Å². The fourth-order valence-electron chi connectivity index (χ4n) is 2.22. The Kier molecular flexibility index (Phi) is 5.32. The maximum atomic E-state index is 5.93. The first-order valence-corrected chi connectivity index (χ1v) is 8.18. The van der Waals surface area contributed by atoms with Gasteiger partial charge in [-0.05, 0) is 39.2 Å². The third-order valence-corrected chi connectivity index (χ3v) is 3.98. The van der Waals surface area contributed by atoms with Gasteiger partial charge in [-0.15, -0.1) is 0 Å². The monoisotopic (exact) mass is 388 g/mol. The molecule has 0 aliphatic carbocycles. The Morgan fingerprint density at radius 3 is 2.71 bits per heavy atom. The summed E-state index contributed by atoms with van der Waals surface area (Å²) in [4.78, 5) is 4.03. The molecule has 124 valence electrons. The van der Waals surface area contributed by atoms with Crippen molar-refractivity contribution >= 4 is 21.9 Å². The highest BCUT2D eigenvalue weighted by Gasteiger charge is 2.12. The molecule has 1 heterocycles. The number of halogens is 1. The summed E-state index contributed by atoms with van der Waals surface area (Å²) < 4.78 is 12.2. The van der Waals surface area contributed by atoms with Crippen LogP contribution in [0, 0.1) is 0 Å². The van der Waals surface area contributed by atoms with Crippen LogP contribution in [0.1, 0.15) is 11.1 Å². The van der Waals surface area contributed by atoms with Gasteiger partial charge in [0.25, 0.3) is 0 Å². The predicted molar refractivity (Wildman–Crippen MR) is 95.2 cm³/mol. The summed E-state index contributed by atoms with van der Waals surface area (Å²) in [5.41, 5.74) is 2.13. The largest absolute Gasteiger partial charge is 0.493 e. The van der Waals surface area contributed by atoms with Crippen molar-refractivity contribution in [3.05, 3.63) is 64.4 Å². The van der Waals surface area contributed by atoms with E-state index in [9.17, 15) is 0 Å². The molecule has 0 bridgehead atoms. The van der Waals surface area contributed by atoms with E-state index in [2.05, 4.69) is 36.4 Å². The summed E-state index contributed by atoms with van der Waals surface area (Å²) in [6.45, 7) is 1.06. The summed E-state index contributed by atoms with van der Waals surface area (Å²) in [7, 11) is 1.63. The Bertz CT molecular complexity index is 779. The quantitative estimate of drug-likeness (QED) is 0.644. The number of benzene rings is 2. The SMILES string of the molecule is COc1cc(CNc2ncn[nH]2)cc(Br)c1OCc1ccccc1. The normalized spacial score (nSPS) is 10.4. The zero-order valence-corrected chi connectivity index (χ0v) is 14.7. The Balaban J connectivity index is 1.72. The van der Waals surface area contributed by atoms with Crippen molar-refractivity contribution < 1.29 is 9.47 Å². The Morgan fingerprint density at radius 1 is 1.17 bits per heavy atom. The predicted octanol–water partition coefficient (Wildman–Crippen LogP) is 3.77. The summed E-state index contributed by atoms with van der Waals surface area (Å²) in [5.74, 6) is 1.98. The molecule has 0 unspecified atom stereocenters. The lowest BCUT2D eigenvalue weighted by molar-refractivity contribution is 0.282. The molecule has 3 rings (SSSR count). The zero-order valence-electron chi connectivity index (χ0n) is 13.1. The second kappa shape index (κ2) is 7.83. The van der Waals surface area contributed by atoms with Gasteiger partial charge >= 0.3 is 0 Å². The van der Waals surface area contributed by atoms with Gasteiger partial charge in [0.2, 0.25) is 5.95 Å². The summed E-state index contributed by atoms with van der Waals surface area (Å²) in [6, 6.07) is 13.9. The van der Waals surface area contributed by atoms with E-state index in [0.29, 0.717) is 30.6 Å². The number of rotatable bonds is 7. The minimum atomic E-state index is 0.478. The molecule has 3 aromatic rings. The Labute approximate surface area is 148 Å². The van der Waals surface area contributed by atoms with Gasteiger partial charge in [0.05, 0.1) is 11.6 Å². The molecule has 0 radical (unpaired) electrons. The number of hydrogen-bond donors (Lipinski definition) is 2. The van der Waals surface area contributed by atoms with Crippen molar-refractivity contribution in [2.24, 2.45) is 0 Å². The molecule has 0 amide bonds. The number of aromatic amines is 1. The maximum absolute atomic E-state index is 5.93. The van der Waals surface area contributed by atoms with E-state index in [-0.39, 0.29) is 0 Å². The van der Waals surface area contributed by atoms with Crippen molar-refractivity contribution in [2.45, 2.75) is 13.2 Å². The van der Waals surface area contributed by atoms with E-state index in [1.807, 2.05) is 42.5 Å². The van der Waals surface area contributed by atoms with Crippen molar-refractivity contribution in [2.75, 3.05) is 12.4 Å². The number of aromatic nitrogens is 3. The first kappa shape index (κ1) is 16.3. The molecule has 6 nitrogen and oxygen atoms in total. The zero-order chi connectivity index (χ0) is 16.8. The minimum absolute atomic E-state index is 0.478. The molecule has 24 heavy (non-hydrogen) atoms. The smallest absolute Gasteiger partial charge is 0.218 e. The van der Waals surface area contributed by atoms with Crippen LogP contribution in [0.25, 0.3) is 0 Å². The fourth-order valence-corrected chi connectivity index (χ4v) is 2.83. The number of nitrogens with one attached hydrogen (secondary N) is 2. The van der Waals surface area contributed by atoms with Gasteiger partial charge in [-0.25, -0.2) is 10.1 Å². The third-order valence-electron chi connectivity index (χ3n) is 3.39. The van der Waals surface area contributed by atoms with E-state index in [4.69, 9.17) is 9.47 Å². The van der Waals surface area contributed by atoms with E-state index in [1.54, 1.807) is 7.11 Å². The number of nitrogens with zero attached hydrogens (tertiary/aromatic N) is 2. The molecule has 0 atom stereocenters. The molecular formula is C17H17BrN4O2. The molecular weight excluding hydrogens is 372 g/mol. The lowest BCUT2D eigenvalue weighted by atomic mass is 10.2. The molecule has 0 fully saturated rings. The van der Waals surface area contributed by atoms with Crippen LogP contribution in [0.15, 0.2) is 53.3 Å². The molecule has 2 aromatic carbocycles. The van der Waals surface area contributed by atoms with Crippen LogP contribution in [-0.2, 0) is 13.2 Å². The van der Waals surface area contributed by atoms with E-state index in [1.165, 1.54) is 6.33 Å². The number of anilines is 1. The molecule has 0 saturated carbocycles. The molecule has 7 heteroatoms. The molecule has 0 saturated heterocycles. The van der Waals surface area contributed by atoms with Crippen LogP contribution in [-0.4, -0.2) is 22.3 Å². The maximum Gasteiger partial charge on any atom is 0.218 e. The highest BCUT2D eigenvalue weighted by Crippen LogP contribution is 2.37. The van der Waals surface area contributed by atoms with E-state index >= 15 is 0 Å². The fraction of sp³-hybridized carbons (Fsp3) is 0.176. The van der Waals surface area contributed by atoms with Crippen LogP contribution in [0.4, 0.5) is 5.95 Å². The van der Waals surface area contributed by atoms with Crippen LogP contribution >= 0.6 is 15.9 Å². The number of hydrogen-bond acceptors (Lipinski definition) is 5. The summed E-state index contributed by atoms with van der Waals surface area (Å²) in [6.07, 6.45) is 1.46. The van der Waals surface area contributed by atoms with Gasteiger partial charge in [-0.1, -0.05) is 30.3 Å². The van der Waals surface area contributed by atoms with Crippen LogP contribution in [0.5, 0.6) is 11.5 Å². The molecule has 0 aliphatic rings. The summed E-state index contributed by atoms with van der Waals surface area (Å²) in [5, 5.41) is 9.71. The average molecular weight is 389 g/mol. The Morgan fingerprint density at radius 2 is 2.00 bits per heavy atom. The van der Waals surface area contributed by atoms with Crippen LogP contribution < -0.4 is 14.8 Å². The number of ether oxygens (including phenoxy) is 2.